The van der Waals surface area contributed by atoms with Crippen LogP contribution in [0.3, 0.4) is 0 Å². The molecule has 1 aromatic carbocycles. The van der Waals surface area contributed by atoms with E-state index in [4.69, 9.17) is 10.8 Å². The maximum atomic E-state index is 12.9. The van der Waals surface area contributed by atoms with Crippen LogP contribution in [0.2, 0.25) is 0 Å². The molecule has 0 fully saturated rings. The van der Waals surface area contributed by atoms with Crippen molar-refractivity contribution in [2.75, 3.05) is 0 Å². The Morgan fingerprint density at radius 3 is 2.50 bits per heavy atom. The van der Waals surface area contributed by atoms with E-state index in [2.05, 4.69) is 11.9 Å². The SMILES string of the molecule is CCCCc1ncc(/C=C(\Cc2cccs2)C(=O)C(N)C(=O)O)n1Cc1ccc(C(=O)O)cc1. The smallest absolute Gasteiger partial charge is 0.335 e. The summed E-state index contributed by atoms with van der Waals surface area (Å²) in [4.78, 5) is 40.9. The van der Waals surface area contributed by atoms with Crippen molar-refractivity contribution in [2.24, 2.45) is 5.73 Å². The van der Waals surface area contributed by atoms with Crippen molar-refractivity contribution in [3.05, 3.63) is 81.1 Å². The first-order chi connectivity index (χ1) is 16.3. The molecule has 0 bridgehead atoms. The molecule has 1 atom stereocenters. The van der Waals surface area contributed by atoms with E-state index in [9.17, 15) is 19.5 Å². The summed E-state index contributed by atoms with van der Waals surface area (Å²) in [6.07, 6.45) is 6.26. The molecule has 0 saturated carbocycles. The molecule has 3 aromatic rings. The van der Waals surface area contributed by atoms with E-state index in [-0.39, 0.29) is 12.0 Å². The molecule has 9 heteroatoms. The second-order valence-corrected chi connectivity index (χ2v) is 8.93. The minimum absolute atomic E-state index is 0.201. The number of carboxylic acids is 2. The van der Waals surface area contributed by atoms with Gasteiger partial charge in [-0.2, -0.15) is 0 Å². The largest absolute Gasteiger partial charge is 0.480 e. The first-order valence-corrected chi connectivity index (χ1v) is 11.8. The minimum Gasteiger partial charge on any atom is -0.480 e. The van der Waals surface area contributed by atoms with E-state index >= 15 is 0 Å². The molecule has 1 unspecified atom stereocenters. The number of carbonyl (C=O) groups is 3. The lowest BCUT2D eigenvalue weighted by Gasteiger charge is -2.13. The predicted molar refractivity (Wildman–Crippen MR) is 130 cm³/mol. The standard InChI is InChI=1S/C25H27N3O5S/c1-2-3-6-21-27-14-19(28(21)15-16-7-9-17(10-8-16)24(30)31)12-18(13-20-5-4-11-34-20)23(29)22(26)25(32)33/h4-5,7-12,14,22H,2-3,6,13,15,26H2,1H3,(H,30,31)(H,32,33)/b18-12+. The van der Waals surface area contributed by atoms with Crippen LogP contribution < -0.4 is 5.73 Å². The van der Waals surface area contributed by atoms with Crippen LogP contribution in [0, 0.1) is 0 Å². The molecule has 0 radical (unpaired) electrons. The number of aliphatic carboxylic acids is 1. The number of nitrogens with two attached hydrogens (primary N) is 1. The second kappa shape index (κ2) is 11.5. The normalized spacial score (nSPS) is 12.5. The molecule has 0 aliphatic carbocycles. The Morgan fingerprint density at radius 1 is 1.18 bits per heavy atom. The van der Waals surface area contributed by atoms with E-state index < -0.39 is 23.8 Å². The molecule has 2 heterocycles. The predicted octanol–water partition coefficient (Wildman–Crippen LogP) is 3.64. The average molecular weight is 482 g/mol. The van der Waals surface area contributed by atoms with Gasteiger partial charge in [0.15, 0.2) is 11.8 Å². The van der Waals surface area contributed by atoms with Gasteiger partial charge >= 0.3 is 11.9 Å². The van der Waals surface area contributed by atoms with E-state index in [1.807, 2.05) is 22.1 Å². The number of nitrogens with zero attached hydrogens (tertiary/aromatic N) is 2. The lowest BCUT2D eigenvalue weighted by molar-refractivity contribution is -0.141. The van der Waals surface area contributed by atoms with Gasteiger partial charge in [0.1, 0.15) is 5.82 Å². The Bertz CT molecular complexity index is 1180. The molecule has 8 nitrogen and oxygen atoms in total. The number of imidazole rings is 1. The minimum atomic E-state index is -1.65. The van der Waals surface area contributed by atoms with Crippen LogP contribution in [0.1, 0.15) is 52.1 Å². The molecular weight excluding hydrogens is 454 g/mol. The summed E-state index contributed by atoms with van der Waals surface area (Å²) in [6.45, 7) is 2.51. The van der Waals surface area contributed by atoms with Crippen molar-refractivity contribution in [1.29, 1.82) is 0 Å². The molecule has 3 rings (SSSR count). The third-order valence-corrected chi connectivity index (χ3v) is 6.27. The van der Waals surface area contributed by atoms with Crippen LogP contribution in [-0.2, 0) is 29.0 Å². The van der Waals surface area contributed by atoms with E-state index in [0.717, 1.165) is 35.5 Å². The highest BCUT2D eigenvalue weighted by atomic mass is 32.1. The summed E-state index contributed by atoms with van der Waals surface area (Å²) in [5, 5.41) is 20.3. The van der Waals surface area contributed by atoms with Crippen molar-refractivity contribution >= 4 is 35.1 Å². The maximum Gasteiger partial charge on any atom is 0.335 e. The van der Waals surface area contributed by atoms with Crippen LogP contribution in [-0.4, -0.2) is 43.5 Å². The number of carboxylic acid groups (broad SMARTS) is 2. The Hall–Kier alpha value is -3.56. The number of benzene rings is 1. The number of aromatic nitrogens is 2. The van der Waals surface area contributed by atoms with Gasteiger partial charge in [0.05, 0.1) is 17.5 Å². The maximum absolute atomic E-state index is 12.9. The summed E-state index contributed by atoms with van der Waals surface area (Å²) in [6, 6.07) is 8.70. The van der Waals surface area contributed by atoms with E-state index in [1.54, 1.807) is 36.5 Å². The monoisotopic (exact) mass is 481 g/mol. The van der Waals surface area contributed by atoms with E-state index in [0.29, 0.717) is 17.8 Å². The number of hydrogen-bond acceptors (Lipinski definition) is 6. The Labute approximate surface area is 201 Å². The zero-order valence-corrected chi connectivity index (χ0v) is 19.6. The van der Waals surface area contributed by atoms with Crippen LogP contribution in [0.5, 0.6) is 0 Å². The van der Waals surface area contributed by atoms with Crippen LogP contribution in [0.15, 0.2) is 53.5 Å². The zero-order chi connectivity index (χ0) is 24.7. The van der Waals surface area contributed by atoms with Crippen molar-refractivity contribution in [2.45, 2.75) is 45.2 Å². The first kappa shape index (κ1) is 25.1. The number of aromatic carboxylic acids is 1. The van der Waals surface area contributed by atoms with Crippen molar-refractivity contribution in [1.82, 2.24) is 9.55 Å². The molecule has 0 aliphatic rings. The zero-order valence-electron chi connectivity index (χ0n) is 18.8. The highest BCUT2D eigenvalue weighted by Crippen LogP contribution is 2.21. The van der Waals surface area contributed by atoms with Gasteiger partial charge in [0.2, 0.25) is 0 Å². The molecule has 4 N–H and O–H groups in total. The molecule has 0 spiro atoms. The third-order valence-electron chi connectivity index (χ3n) is 5.40. The molecule has 0 amide bonds. The summed E-state index contributed by atoms with van der Waals surface area (Å²) >= 11 is 1.47. The fourth-order valence-corrected chi connectivity index (χ4v) is 4.22. The Balaban J connectivity index is 2.01. The number of aryl methyl sites for hydroxylation is 1. The average Bonchev–Trinajstić information content (AvgIpc) is 3.47. The Morgan fingerprint density at radius 2 is 1.91 bits per heavy atom. The second-order valence-electron chi connectivity index (χ2n) is 7.90. The summed E-state index contributed by atoms with van der Waals surface area (Å²) in [5.74, 6) is -2.18. The van der Waals surface area contributed by atoms with Gasteiger partial charge < -0.3 is 20.5 Å². The third kappa shape index (κ3) is 6.27. The lowest BCUT2D eigenvalue weighted by Crippen LogP contribution is -2.39. The quantitative estimate of drug-likeness (QED) is 0.265. The van der Waals surface area contributed by atoms with Gasteiger partial charge in [-0.3, -0.25) is 9.59 Å². The first-order valence-electron chi connectivity index (χ1n) is 10.9. The highest BCUT2D eigenvalue weighted by molar-refractivity contribution is 7.09. The fourth-order valence-electron chi connectivity index (χ4n) is 3.50. The van der Waals surface area contributed by atoms with Gasteiger partial charge in [-0.1, -0.05) is 31.5 Å². The number of thiophene rings is 1. The molecule has 0 saturated heterocycles. The summed E-state index contributed by atoms with van der Waals surface area (Å²) < 4.78 is 1.97. The topological polar surface area (TPSA) is 136 Å². The molecule has 34 heavy (non-hydrogen) atoms. The summed E-state index contributed by atoms with van der Waals surface area (Å²) in [7, 11) is 0. The van der Waals surface area contributed by atoms with E-state index in [1.165, 1.54) is 11.3 Å². The summed E-state index contributed by atoms with van der Waals surface area (Å²) in [5.41, 5.74) is 7.69. The molecular formula is C25H27N3O5S. The van der Waals surface area contributed by atoms with Crippen molar-refractivity contribution in [3.63, 3.8) is 0 Å². The van der Waals surface area contributed by atoms with Crippen LogP contribution >= 0.6 is 11.3 Å². The number of rotatable bonds is 12. The van der Waals surface area contributed by atoms with Gasteiger partial charge in [0, 0.05) is 29.8 Å². The van der Waals surface area contributed by atoms with Crippen molar-refractivity contribution in [3.8, 4) is 0 Å². The molecule has 0 aliphatic heterocycles. The number of unbranched alkanes of at least 4 members (excludes halogenated alkanes) is 1. The van der Waals surface area contributed by atoms with Crippen LogP contribution in [0.25, 0.3) is 6.08 Å². The van der Waals surface area contributed by atoms with Gasteiger partial charge in [-0.25, -0.2) is 9.78 Å². The van der Waals surface area contributed by atoms with Gasteiger partial charge in [-0.05, 0) is 41.6 Å². The molecule has 178 valence electrons. The number of carbonyl (C=O) groups excluding carboxylic acids is 1. The van der Waals surface area contributed by atoms with Crippen LogP contribution in [0.4, 0.5) is 0 Å². The number of hydrogen-bond donors (Lipinski definition) is 3. The highest BCUT2D eigenvalue weighted by Gasteiger charge is 2.25. The lowest BCUT2D eigenvalue weighted by atomic mass is 10.00. The number of ketones is 1. The fraction of sp³-hybridized carbons (Fsp3) is 0.280. The van der Waals surface area contributed by atoms with Gasteiger partial charge in [0.25, 0.3) is 0 Å². The van der Waals surface area contributed by atoms with Gasteiger partial charge in [-0.15, -0.1) is 11.3 Å². The molecule has 2 aromatic heterocycles. The van der Waals surface area contributed by atoms with Crippen molar-refractivity contribution < 1.29 is 24.6 Å². The number of Topliss-reactive ketones (excluding diaryl/α,β-unsaturated/α-hetero) is 1. The Kier molecular flexibility index (Phi) is 8.50.